The van der Waals surface area contributed by atoms with Crippen LogP contribution in [0.15, 0.2) is 34.8 Å². The zero-order valence-corrected chi connectivity index (χ0v) is 17.2. The highest BCUT2D eigenvalue weighted by atomic mass is 79.9. The molecule has 0 unspecified atom stereocenters. The summed E-state index contributed by atoms with van der Waals surface area (Å²) in [4.78, 5) is 11.7. The molecule has 27 heavy (non-hydrogen) atoms. The second-order valence-electron chi connectivity index (χ2n) is 6.59. The summed E-state index contributed by atoms with van der Waals surface area (Å²) in [6.07, 6.45) is -0.662. The molecule has 0 aliphatic carbocycles. The van der Waals surface area contributed by atoms with Gasteiger partial charge in [0.1, 0.15) is 11.4 Å². The van der Waals surface area contributed by atoms with Gasteiger partial charge in [0.05, 0.1) is 16.7 Å². The number of nitrogens with one attached hydrogen (secondary N) is 1. The lowest BCUT2D eigenvalue weighted by atomic mass is 10.2. The molecule has 5 nitrogen and oxygen atoms in total. The Morgan fingerprint density at radius 3 is 2.67 bits per heavy atom. The number of nitrogens with zero attached hydrogens (tertiary/aromatic N) is 1. The topological polar surface area (TPSA) is 71.3 Å². The van der Waals surface area contributed by atoms with Gasteiger partial charge in [-0.15, -0.1) is 0 Å². The summed E-state index contributed by atoms with van der Waals surface area (Å²) in [5.74, 6) is -0.654. The number of halogens is 3. The molecule has 1 N–H and O–H groups in total. The SMILES string of the molecule is CC(C)(C)OC(=O)NCc1ccc(Cl)c(Oc2cc(Br)cc(C#N)c2)c1F. The van der Waals surface area contributed by atoms with Gasteiger partial charge in [0.2, 0.25) is 0 Å². The molecule has 8 heteroatoms. The third-order valence-electron chi connectivity index (χ3n) is 3.17. The van der Waals surface area contributed by atoms with Gasteiger partial charge in [-0.25, -0.2) is 9.18 Å². The molecule has 0 fully saturated rings. The Labute approximate surface area is 170 Å². The van der Waals surface area contributed by atoms with Crippen molar-refractivity contribution in [3.63, 3.8) is 0 Å². The average molecular weight is 456 g/mol. The summed E-state index contributed by atoms with van der Waals surface area (Å²) >= 11 is 9.32. The number of carbonyl (C=O) groups excluding carboxylic acids is 1. The molecule has 2 aromatic rings. The van der Waals surface area contributed by atoms with Gasteiger partial charge in [0, 0.05) is 16.6 Å². The van der Waals surface area contributed by atoms with Gasteiger partial charge in [0.25, 0.3) is 0 Å². The van der Waals surface area contributed by atoms with Crippen molar-refractivity contribution in [3.05, 3.63) is 56.8 Å². The lowest BCUT2D eigenvalue weighted by Gasteiger charge is -2.20. The molecule has 1 amide bonds. The van der Waals surface area contributed by atoms with Crippen LogP contribution < -0.4 is 10.1 Å². The Balaban J connectivity index is 2.21. The molecule has 0 heterocycles. The number of hydrogen-bond donors (Lipinski definition) is 1. The number of nitriles is 1. The third-order valence-corrected chi connectivity index (χ3v) is 3.93. The first-order valence-corrected chi connectivity index (χ1v) is 9.08. The Morgan fingerprint density at radius 1 is 1.33 bits per heavy atom. The zero-order chi connectivity index (χ0) is 20.2. The first-order chi connectivity index (χ1) is 12.6. The van der Waals surface area contributed by atoms with E-state index in [9.17, 15) is 9.18 Å². The minimum Gasteiger partial charge on any atom is -0.453 e. The molecule has 0 bridgehead atoms. The number of ether oxygens (including phenoxy) is 2. The summed E-state index contributed by atoms with van der Waals surface area (Å²) < 4.78 is 26.1. The zero-order valence-electron chi connectivity index (χ0n) is 14.9. The number of carbonyl (C=O) groups is 1. The van der Waals surface area contributed by atoms with Crippen LogP contribution >= 0.6 is 27.5 Å². The van der Waals surface area contributed by atoms with E-state index >= 15 is 0 Å². The average Bonchev–Trinajstić information content (AvgIpc) is 2.55. The summed E-state index contributed by atoms with van der Waals surface area (Å²) in [7, 11) is 0. The van der Waals surface area contributed by atoms with Gasteiger partial charge in [-0.2, -0.15) is 5.26 Å². The van der Waals surface area contributed by atoms with E-state index in [2.05, 4.69) is 21.2 Å². The van der Waals surface area contributed by atoms with E-state index < -0.39 is 17.5 Å². The molecule has 142 valence electrons. The van der Waals surface area contributed by atoms with Crippen molar-refractivity contribution in [3.8, 4) is 17.6 Å². The van der Waals surface area contributed by atoms with Crippen LogP contribution in [0.5, 0.6) is 11.5 Å². The lowest BCUT2D eigenvalue weighted by Crippen LogP contribution is -2.32. The quantitative estimate of drug-likeness (QED) is 0.620. The van der Waals surface area contributed by atoms with Crippen molar-refractivity contribution >= 4 is 33.6 Å². The summed E-state index contributed by atoms with van der Waals surface area (Å²) in [5, 5.41) is 11.6. The van der Waals surface area contributed by atoms with Crippen LogP contribution in [0.4, 0.5) is 9.18 Å². The van der Waals surface area contributed by atoms with E-state index in [-0.39, 0.29) is 28.6 Å². The fourth-order valence-electron chi connectivity index (χ4n) is 2.09. The number of benzene rings is 2. The van der Waals surface area contributed by atoms with Crippen molar-refractivity contribution in [1.82, 2.24) is 5.32 Å². The van der Waals surface area contributed by atoms with E-state index in [1.807, 2.05) is 6.07 Å². The van der Waals surface area contributed by atoms with Gasteiger partial charge in [-0.3, -0.25) is 0 Å². The van der Waals surface area contributed by atoms with E-state index in [0.717, 1.165) is 0 Å². The highest BCUT2D eigenvalue weighted by Crippen LogP contribution is 2.35. The van der Waals surface area contributed by atoms with Crippen molar-refractivity contribution < 1.29 is 18.7 Å². The minimum atomic E-state index is -0.711. The highest BCUT2D eigenvalue weighted by Gasteiger charge is 2.19. The standard InChI is InChI=1S/C19H17BrClFN2O3/c1-19(2,3)27-18(25)24-10-12-4-5-15(21)17(16(12)22)26-14-7-11(9-23)6-13(20)8-14/h4-8H,10H2,1-3H3,(H,24,25). The van der Waals surface area contributed by atoms with Crippen LogP contribution in [0, 0.1) is 17.1 Å². The molecule has 0 atom stereocenters. The summed E-state index contributed by atoms with van der Waals surface area (Å²) in [6, 6.07) is 9.56. The van der Waals surface area contributed by atoms with Crippen LogP contribution in [0.3, 0.4) is 0 Å². The summed E-state index contributed by atoms with van der Waals surface area (Å²) in [6.45, 7) is 5.09. The van der Waals surface area contributed by atoms with Gasteiger partial charge in [-0.1, -0.05) is 33.6 Å². The molecule has 2 rings (SSSR count). The van der Waals surface area contributed by atoms with Crippen LogP contribution in [0.2, 0.25) is 5.02 Å². The molecular weight excluding hydrogens is 439 g/mol. The molecule has 0 radical (unpaired) electrons. The first-order valence-electron chi connectivity index (χ1n) is 7.91. The number of hydrogen-bond acceptors (Lipinski definition) is 4. The molecular formula is C19H17BrClFN2O3. The second-order valence-corrected chi connectivity index (χ2v) is 7.92. The fourth-order valence-corrected chi connectivity index (χ4v) is 2.75. The van der Waals surface area contributed by atoms with Crippen LogP contribution in [-0.2, 0) is 11.3 Å². The molecule has 0 spiro atoms. The molecule has 0 aliphatic rings. The highest BCUT2D eigenvalue weighted by molar-refractivity contribution is 9.10. The molecule has 0 aliphatic heterocycles. The van der Waals surface area contributed by atoms with Crippen molar-refractivity contribution in [2.75, 3.05) is 0 Å². The molecule has 0 aromatic heterocycles. The second kappa shape index (κ2) is 8.59. The normalized spacial score (nSPS) is 10.9. The predicted octanol–water partition coefficient (Wildman–Crippen LogP) is 5.93. The summed E-state index contributed by atoms with van der Waals surface area (Å²) in [5.41, 5.74) is -0.134. The van der Waals surface area contributed by atoms with Crippen molar-refractivity contribution in [2.24, 2.45) is 0 Å². The monoisotopic (exact) mass is 454 g/mol. The Morgan fingerprint density at radius 2 is 2.04 bits per heavy atom. The van der Waals surface area contributed by atoms with Gasteiger partial charge < -0.3 is 14.8 Å². The maximum Gasteiger partial charge on any atom is 0.407 e. The maximum absolute atomic E-state index is 14.8. The first kappa shape index (κ1) is 21.0. The minimum absolute atomic E-state index is 0.0620. The molecule has 0 saturated heterocycles. The van der Waals surface area contributed by atoms with Crippen LogP contribution in [0.25, 0.3) is 0 Å². The van der Waals surface area contributed by atoms with Crippen LogP contribution in [0.1, 0.15) is 31.9 Å². The van der Waals surface area contributed by atoms with Crippen LogP contribution in [-0.4, -0.2) is 11.7 Å². The Hall–Kier alpha value is -2.30. The third kappa shape index (κ3) is 6.12. The number of rotatable bonds is 4. The van der Waals surface area contributed by atoms with E-state index in [1.165, 1.54) is 18.2 Å². The van der Waals surface area contributed by atoms with E-state index in [0.29, 0.717) is 10.0 Å². The number of amides is 1. The lowest BCUT2D eigenvalue weighted by molar-refractivity contribution is 0.0523. The maximum atomic E-state index is 14.8. The smallest absolute Gasteiger partial charge is 0.407 e. The predicted molar refractivity (Wildman–Crippen MR) is 103 cm³/mol. The Kier molecular flexibility index (Phi) is 6.68. The van der Waals surface area contributed by atoms with Crippen molar-refractivity contribution in [1.29, 1.82) is 5.26 Å². The van der Waals surface area contributed by atoms with Gasteiger partial charge in [-0.05, 0) is 45.0 Å². The largest absolute Gasteiger partial charge is 0.453 e. The van der Waals surface area contributed by atoms with Gasteiger partial charge >= 0.3 is 6.09 Å². The Bertz CT molecular complexity index is 907. The molecule has 0 saturated carbocycles. The van der Waals surface area contributed by atoms with E-state index in [1.54, 1.807) is 32.9 Å². The van der Waals surface area contributed by atoms with E-state index in [4.69, 9.17) is 26.3 Å². The molecule has 2 aromatic carbocycles. The number of alkyl carbamates (subject to hydrolysis) is 1. The fraction of sp³-hybridized carbons (Fsp3) is 0.263. The van der Waals surface area contributed by atoms with Crippen molar-refractivity contribution in [2.45, 2.75) is 32.9 Å². The van der Waals surface area contributed by atoms with Gasteiger partial charge in [0.15, 0.2) is 11.6 Å².